The molecule has 2 aromatic carbocycles. The van der Waals surface area contributed by atoms with Gasteiger partial charge in [0.15, 0.2) is 0 Å². The maximum absolute atomic E-state index is 6.85. The highest BCUT2D eigenvalue weighted by Crippen LogP contribution is 2.36. The Kier molecular flexibility index (Phi) is 34.4. The van der Waals surface area contributed by atoms with Crippen LogP contribution < -0.4 is 10.4 Å². The van der Waals surface area contributed by atoms with Gasteiger partial charge in [0.05, 0.1) is 145 Å². The molecule has 0 aliphatic carbocycles. The average molecular weight is 951 g/mol. The van der Waals surface area contributed by atoms with Gasteiger partial charge >= 0.3 is 0 Å². The SMILES string of the molecule is CC(C)(C)[Si](OCCOCCOCCOCCOCCOCCOCCOCCOCCOCCOCCOCCCCCCI)(c1ccccc1)c1ccccc1. The minimum Gasteiger partial charge on any atom is -0.405 e. The van der Waals surface area contributed by atoms with Crippen LogP contribution in [0.4, 0.5) is 0 Å². The topological polar surface area (TPSA) is 111 Å². The second kappa shape index (κ2) is 37.7. The Bertz CT molecular complexity index is 1110. The summed E-state index contributed by atoms with van der Waals surface area (Å²) in [5.74, 6) is 0. The van der Waals surface area contributed by atoms with E-state index in [4.69, 9.17) is 56.5 Å². The molecular weight excluding hydrogens is 875 g/mol. The monoisotopic (exact) mass is 950 g/mol. The van der Waals surface area contributed by atoms with Gasteiger partial charge in [-0.25, -0.2) is 0 Å². The zero-order valence-corrected chi connectivity index (χ0v) is 39.0. The van der Waals surface area contributed by atoms with Crippen LogP contribution in [0.25, 0.3) is 0 Å². The lowest BCUT2D eigenvalue weighted by Crippen LogP contribution is -2.66. The normalized spacial score (nSPS) is 12.1. The zero-order valence-electron chi connectivity index (χ0n) is 35.8. The Labute approximate surface area is 364 Å². The third-order valence-electron chi connectivity index (χ3n) is 8.86. The number of alkyl halides is 1. The Balaban J connectivity index is 1.26. The molecule has 0 saturated carbocycles. The van der Waals surface area contributed by atoms with Gasteiger partial charge in [-0.3, -0.25) is 0 Å². The molecule has 0 spiro atoms. The highest BCUT2D eigenvalue weighted by Gasteiger charge is 2.50. The van der Waals surface area contributed by atoms with Crippen LogP contribution in [0.2, 0.25) is 5.04 Å². The van der Waals surface area contributed by atoms with Crippen molar-refractivity contribution in [1.82, 2.24) is 0 Å². The molecule has 14 heteroatoms. The molecule has 334 valence electrons. The number of unbranched alkanes of at least 4 members (excludes halogenated alkanes) is 3. The molecule has 0 unspecified atom stereocenters. The van der Waals surface area contributed by atoms with Crippen molar-refractivity contribution in [2.24, 2.45) is 0 Å². The second-order valence-corrected chi connectivity index (χ2v) is 19.7. The van der Waals surface area contributed by atoms with Crippen LogP contribution in [0.3, 0.4) is 0 Å². The van der Waals surface area contributed by atoms with Crippen molar-refractivity contribution in [3.8, 4) is 0 Å². The molecule has 0 bridgehead atoms. The number of hydrogen-bond donors (Lipinski definition) is 0. The highest BCUT2D eigenvalue weighted by atomic mass is 127. The lowest BCUT2D eigenvalue weighted by molar-refractivity contribution is -0.0277. The van der Waals surface area contributed by atoms with E-state index in [0.717, 1.165) is 13.0 Å². The Morgan fingerprint density at radius 2 is 0.603 bits per heavy atom. The van der Waals surface area contributed by atoms with Gasteiger partial charge in [-0.05, 0) is 32.7 Å². The predicted octanol–water partition coefficient (Wildman–Crippen LogP) is 5.74. The Morgan fingerprint density at radius 3 is 0.879 bits per heavy atom. The lowest BCUT2D eigenvalue weighted by atomic mass is 10.2. The summed E-state index contributed by atoms with van der Waals surface area (Å²) in [7, 11) is -2.54. The van der Waals surface area contributed by atoms with Crippen molar-refractivity contribution in [3.05, 3.63) is 60.7 Å². The average Bonchev–Trinajstić information content (AvgIpc) is 3.23. The van der Waals surface area contributed by atoms with Crippen molar-refractivity contribution in [3.63, 3.8) is 0 Å². The van der Waals surface area contributed by atoms with Gasteiger partial charge in [0.1, 0.15) is 0 Å². The third-order valence-corrected chi connectivity index (χ3v) is 14.7. The van der Waals surface area contributed by atoms with Crippen molar-refractivity contribution in [2.75, 3.05) is 156 Å². The predicted molar refractivity (Wildman–Crippen MR) is 240 cm³/mol. The molecule has 0 aliphatic rings. The third kappa shape index (κ3) is 26.3. The standard InChI is InChI=1S/C44H75IO12Si/c1-44(2,3)58(42-14-8-6-9-15-42,43-16-10-7-11-17-43)57-41-40-56-39-38-55-37-36-54-35-34-53-33-32-52-31-30-51-29-28-50-27-26-49-25-24-48-23-22-47-21-20-46-19-13-5-4-12-18-45/h6-11,14-17H,4-5,12-13,18-41H2,1-3H3. The van der Waals surface area contributed by atoms with Crippen LogP contribution in [0.5, 0.6) is 0 Å². The number of halogens is 1. The van der Waals surface area contributed by atoms with E-state index in [1.807, 2.05) is 0 Å². The molecule has 0 amide bonds. The van der Waals surface area contributed by atoms with Crippen LogP contribution in [0, 0.1) is 0 Å². The van der Waals surface area contributed by atoms with E-state index in [1.54, 1.807) is 0 Å². The van der Waals surface area contributed by atoms with E-state index >= 15 is 0 Å². The maximum Gasteiger partial charge on any atom is 0.261 e. The quantitative estimate of drug-likeness (QED) is 0.0351. The summed E-state index contributed by atoms with van der Waals surface area (Å²) in [6.07, 6.45) is 4.97. The molecule has 0 aliphatic heterocycles. The van der Waals surface area contributed by atoms with Gasteiger partial charge in [-0.1, -0.05) is 117 Å². The summed E-state index contributed by atoms with van der Waals surface area (Å²) in [4.78, 5) is 0. The maximum atomic E-state index is 6.85. The summed E-state index contributed by atoms with van der Waals surface area (Å²) in [6, 6.07) is 21.3. The summed E-state index contributed by atoms with van der Waals surface area (Å²) >= 11 is 2.42. The van der Waals surface area contributed by atoms with E-state index in [9.17, 15) is 0 Å². The van der Waals surface area contributed by atoms with Gasteiger partial charge in [0.2, 0.25) is 0 Å². The van der Waals surface area contributed by atoms with Crippen LogP contribution in [-0.2, 0) is 56.5 Å². The molecule has 58 heavy (non-hydrogen) atoms. The summed E-state index contributed by atoms with van der Waals surface area (Å²) in [6.45, 7) is 19.3. The van der Waals surface area contributed by atoms with Gasteiger partial charge in [-0.15, -0.1) is 0 Å². The Hall–Kier alpha value is -1.09. The molecule has 0 aromatic heterocycles. The first-order valence-corrected chi connectivity index (χ1v) is 24.6. The van der Waals surface area contributed by atoms with Gasteiger partial charge in [-0.2, -0.15) is 0 Å². The first-order chi connectivity index (χ1) is 28.5. The first kappa shape index (κ1) is 53.0. The van der Waals surface area contributed by atoms with Gasteiger partial charge in [0.25, 0.3) is 8.32 Å². The highest BCUT2D eigenvalue weighted by molar-refractivity contribution is 14.1. The van der Waals surface area contributed by atoms with Crippen LogP contribution >= 0.6 is 22.6 Å². The number of hydrogen-bond acceptors (Lipinski definition) is 12. The number of benzene rings is 2. The molecule has 0 heterocycles. The number of rotatable bonds is 42. The van der Waals surface area contributed by atoms with Crippen molar-refractivity contribution in [1.29, 1.82) is 0 Å². The molecule has 0 fully saturated rings. The zero-order chi connectivity index (χ0) is 41.5. The van der Waals surface area contributed by atoms with E-state index in [0.29, 0.717) is 145 Å². The molecule has 2 rings (SSSR count). The molecule has 0 saturated heterocycles. The summed E-state index contributed by atoms with van der Waals surface area (Å²) < 4.78 is 69.5. The van der Waals surface area contributed by atoms with Crippen LogP contribution in [0.1, 0.15) is 46.5 Å². The van der Waals surface area contributed by atoms with Gasteiger partial charge in [0, 0.05) is 6.61 Å². The molecule has 0 atom stereocenters. The van der Waals surface area contributed by atoms with Crippen LogP contribution in [-0.4, -0.2) is 165 Å². The largest absolute Gasteiger partial charge is 0.405 e. The van der Waals surface area contributed by atoms with Crippen molar-refractivity contribution < 1.29 is 56.5 Å². The van der Waals surface area contributed by atoms with E-state index in [1.165, 1.54) is 34.1 Å². The first-order valence-electron chi connectivity index (χ1n) is 21.2. The molecule has 0 radical (unpaired) electrons. The minimum atomic E-state index is -2.54. The van der Waals surface area contributed by atoms with E-state index in [-0.39, 0.29) is 5.04 Å². The van der Waals surface area contributed by atoms with Crippen molar-refractivity contribution in [2.45, 2.75) is 51.5 Å². The molecule has 12 nitrogen and oxygen atoms in total. The summed E-state index contributed by atoms with van der Waals surface area (Å²) in [5, 5.41) is 2.48. The fraction of sp³-hybridized carbons (Fsp3) is 0.727. The fourth-order valence-electron chi connectivity index (χ4n) is 5.97. The Morgan fingerprint density at radius 1 is 0.345 bits per heavy atom. The van der Waals surface area contributed by atoms with Crippen LogP contribution in [0.15, 0.2) is 60.7 Å². The fourth-order valence-corrected chi connectivity index (χ4v) is 11.1. The van der Waals surface area contributed by atoms with E-state index in [2.05, 4.69) is 104 Å². The smallest absolute Gasteiger partial charge is 0.261 e. The van der Waals surface area contributed by atoms with Crippen molar-refractivity contribution >= 4 is 41.3 Å². The molecular formula is C44H75IO12Si. The molecule has 0 N–H and O–H groups in total. The number of ether oxygens (including phenoxy) is 11. The molecule has 2 aromatic rings. The van der Waals surface area contributed by atoms with E-state index < -0.39 is 8.32 Å². The lowest BCUT2D eigenvalue weighted by Gasteiger charge is -2.43. The minimum absolute atomic E-state index is 0.0565. The second-order valence-electron chi connectivity index (χ2n) is 14.4. The van der Waals surface area contributed by atoms with Gasteiger partial charge < -0.3 is 56.5 Å². The summed E-state index contributed by atoms with van der Waals surface area (Å²) in [5.41, 5.74) is 0.